The van der Waals surface area contributed by atoms with E-state index in [4.69, 9.17) is 0 Å². The maximum Gasteiger partial charge on any atom is 0.240 e. The Labute approximate surface area is 127 Å². The first kappa shape index (κ1) is 17.2. The molecule has 0 atom stereocenters. The van der Waals surface area contributed by atoms with Gasteiger partial charge in [0.25, 0.3) is 0 Å². The summed E-state index contributed by atoms with van der Waals surface area (Å²) in [5.41, 5.74) is 2.84. The van der Waals surface area contributed by atoms with Crippen LogP contribution in [0.15, 0.2) is 18.2 Å². The molecule has 4 nitrogen and oxygen atoms in total. The molecular formula is C17H26N2O2. The van der Waals surface area contributed by atoms with Crippen molar-refractivity contribution in [3.8, 4) is 0 Å². The Morgan fingerprint density at radius 3 is 2.24 bits per heavy atom. The van der Waals surface area contributed by atoms with Crippen LogP contribution in [0.2, 0.25) is 0 Å². The predicted molar refractivity (Wildman–Crippen MR) is 86.4 cm³/mol. The zero-order valence-corrected chi connectivity index (χ0v) is 13.7. The second-order valence-corrected chi connectivity index (χ2v) is 5.88. The van der Waals surface area contributed by atoms with E-state index < -0.39 is 0 Å². The number of anilines is 1. The van der Waals surface area contributed by atoms with E-state index in [2.05, 4.69) is 19.2 Å². The van der Waals surface area contributed by atoms with Crippen molar-refractivity contribution in [2.75, 3.05) is 18.0 Å². The highest BCUT2D eigenvalue weighted by Crippen LogP contribution is 2.24. The molecule has 4 heteroatoms. The quantitative estimate of drug-likeness (QED) is 0.876. The van der Waals surface area contributed by atoms with Crippen molar-refractivity contribution in [2.24, 2.45) is 5.92 Å². The standard InChI is InChI=1S/C17H26N2O2/c1-12(2)9-10-18-16(21)11-19(15(5)20)17-13(3)7-6-8-14(17)4/h6-8,12H,9-11H2,1-5H3,(H,18,21). The number of carbonyl (C=O) groups is 2. The predicted octanol–water partition coefficient (Wildman–Crippen LogP) is 2.82. The molecular weight excluding hydrogens is 264 g/mol. The molecule has 2 amide bonds. The SMILES string of the molecule is CC(=O)N(CC(=O)NCCC(C)C)c1c(C)cccc1C. The molecule has 0 fully saturated rings. The number of hydrogen-bond donors (Lipinski definition) is 1. The van der Waals surface area contributed by atoms with Crippen LogP contribution in [0.4, 0.5) is 5.69 Å². The molecule has 0 saturated carbocycles. The van der Waals surface area contributed by atoms with Crippen molar-refractivity contribution in [2.45, 2.75) is 41.0 Å². The third-order valence-electron chi connectivity index (χ3n) is 3.44. The summed E-state index contributed by atoms with van der Waals surface area (Å²) in [6, 6.07) is 5.86. The average molecular weight is 290 g/mol. The van der Waals surface area contributed by atoms with Gasteiger partial charge in [0.15, 0.2) is 0 Å². The van der Waals surface area contributed by atoms with Crippen LogP contribution in [-0.4, -0.2) is 24.9 Å². The van der Waals surface area contributed by atoms with Crippen LogP contribution in [0.5, 0.6) is 0 Å². The van der Waals surface area contributed by atoms with E-state index in [1.165, 1.54) is 6.92 Å². The van der Waals surface area contributed by atoms with Crippen molar-refractivity contribution in [1.29, 1.82) is 0 Å². The topological polar surface area (TPSA) is 49.4 Å². The molecule has 0 unspecified atom stereocenters. The van der Waals surface area contributed by atoms with Gasteiger partial charge in [0, 0.05) is 13.5 Å². The van der Waals surface area contributed by atoms with Gasteiger partial charge in [-0.1, -0.05) is 32.0 Å². The summed E-state index contributed by atoms with van der Waals surface area (Å²) in [5, 5.41) is 2.88. The Morgan fingerprint density at radius 2 is 1.76 bits per heavy atom. The molecule has 0 aromatic heterocycles. The molecule has 0 heterocycles. The Hall–Kier alpha value is -1.84. The van der Waals surface area contributed by atoms with Crippen molar-refractivity contribution >= 4 is 17.5 Å². The highest BCUT2D eigenvalue weighted by molar-refractivity contribution is 5.98. The minimum absolute atomic E-state index is 0.0686. The van der Waals surface area contributed by atoms with Gasteiger partial charge in [-0.2, -0.15) is 0 Å². The van der Waals surface area contributed by atoms with Gasteiger partial charge >= 0.3 is 0 Å². The highest BCUT2D eigenvalue weighted by atomic mass is 16.2. The van der Waals surface area contributed by atoms with Crippen LogP contribution in [-0.2, 0) is 9.59 Å². The number of amides is 2. The lowest BCUT2D eigenvalue weighted by Gasteiger charge is -2.24. The Balaban J connectivity index is 2.79. The number of nitrogens with zero attached hydrogens (tertiary/aromatic N) is 1. The van der Waals surface area contributed by atoms with Gasteiger partial charge in [0.1, 0.15) is 6.54 Å². The maximum absolute atomic E-state index is 12.0. The number of nitrogens with one attached hydrogen (secondary N) is 1. The smallest absolute Gasteiger partial charge is 0.240 e. The average Bonchev–Trinajstić information content (AvgIpc) is 2.36. The molecule has 1 aromatic rings. The van der Waals surface area contributed by atoms with E-state index >= 15 is 0 Å². The van der Waals surface area contributed by atoms with E-state index in [1.807, 2.05) is 32.0 Å². The molecule has 0 spiro atoms. The number of carbonyl (C=O) groups excluding carboxylic acids is 2. The lowest BCUT2D eigenvalue weighted by Crippen LogP contribution is -2.41. The number of rotatable bonds is 6. The lowest BCUT2D eigenvalue weighted by molar-refractivity contribution is -0.123. The fraction of sp³-hybridized carbons (Fsp3) is 0.529. The lowest BCUT2D eigenvalue weighted by atomic mass is 10.1. The van der Waals surface area contributed by atoms with E-state index in [9.17, 15) is 9.59 Å². The molecule has 0 aliphatic rings. The van der Waals surface area contributed by atoms with Gasteiger partial charge in [0.2, 0.25) is 11.8 Å². The van der Waals surface area contributed by atoms with Crippen LogP contribution in [0.3, 0.4) is 0 Å². The van der Waals surface area contributed by atoms with Crippen molar-refractivity contribution in [1.82, 2.24) is 5.32 Å². The minimum Gasteiger partial charge on any atom is -0.355 e. The number of para-hydroxylation sites is 1. The Bertz CT molecular complexity index is 489. The molecule has 0 bridgehead atoms. The van der Waals surface area contributed by atoms with E-state index in [1.54, 1.807) is 4.90 Å². The van der Waals surface area contributed by atoms with E-state index in [-0.39, 0.29) is 18.4 Å². The van der Waals surface area contributed by atoms with Crippen LogP contribution < -0.4 is 10.2 Å². The number of hydrogen-bond acceptors (Lipinski definition) is 2. The van der Waals surface area contributed by atoms with Crippen molar-refractivity contribution in [3.05, 3.63) is 29.3 Å². The van der Waals surface area contributed by atoms with Crippen molar-refractivity contribution in [3.63, 3.8) is 0 Å². The molecule has 116 valence electrons. The van der Waals surface area contributed by atoms with Crippen LogP contribution in [0.1, 0.15) is 38.3 Å². The van der Waals surface area contributed by atoms with Gasteiger partial charge in [0.05, 0.1) is 5.69 Å². The summed E-state index contributed by atoms with van der Waals surface area (Å²) in [6.07, 6.45) is 0.940. The summed E-state index contributed by atoms with van der Waals surface area (Å²) in [5.74, 6) is 0.313. The first-order valence-corrected chi connectivity index (χ1v) is 7.44. The van der Waals surface area contributed by atoms with Gasteiger partial charge in [-0.15, -0.1) is 0 Å². The van der Waals surface area contributed by atoms with Crippen LogP contribution in [0, 0.1) is 19.8 Å². The number of benzene rings is 1. The van der Waals surface area contributed by atoms with Gasteiger partial charge in [-0.3, -0.25) is 9.59 Å². The summed E-state index contributed by atoms with van der Waals surface area (Å²) in [7, 11) is 0. The fourth-order valence-electron chi connectivity index (χ4n) is 2.28. The second kappa shape index (κ2) is 7.81. The highest BCUT2D eigenvalue weighted by Gasteiger charge is 2.19. The molecule has 1 N–H and O–H groups in total. The van der Waals surface area contributed by atoms with Crippen molar-refractivity contribution < 1.29 is 9.59 Å². The zero-order chi connectivity index (χ0) is 16.0. The Kier molecular flexibility index (Phi) is 6.40. The van der Waals surface area contributed by atoms with Gasteiger partial charge < -0.3 is 10.2 Å². The van der Waals surface area contributed by atoms with Gasteiger partial charge in [-0.05, 0) is 37.3 Å². The summed E-state index contributed by atoms with van der Waals surface area (Å²) >= 11 is 0. The molecule has 21 heavy (non-hydrogen) atoms. The third kappa shape index (κ3) is 5.21. The first-order valence-electron chi connectivity index (χ1n) is 7.44. The molecule has 0 saturated heterocycles. The molecule has 1 aromatic carbocycles. The van der Waals surface area contributed by atoms with Gasteiger partial charge in [-0.25, -0.2) is 0 Å². The fourth-order valence-corrected chi connectivity index (χ4v) is 2.28. The summed E-state index contributed by atoms with van der Waals surface area (Å²) in [4.78, 5) is 25.5. The monoisotopic (exact) mass is 290 g/mol. The minimum atomic E-state index is -0.119. The zero-order valence-electron chi connectivity index (χ0n) is 13.7. The normalized spacial score (nSPS) is 10.6. The van der Waals surface area contributed by atoms with E-state index in [0.29, 0.717) is 12.5 Å². The molecule has 1 rings (SSSR count). The van der Waals surface area contributed by atoms with Crippen LogP contribution in [0.25, 0.3) is 0 Å². The molecule has 0 aliphatic heterocycles. The largest absolute Gasteiger partial charge is 0.355 e. The third-order valence-corrected chi connectivity index (χ3v) is 3.44. The molecule has 0 radical (unpaired) electrons. The first-order chi connectivity index (χ1) is 9.82. The summed E-state index contributed by atoms with van der Waals surface area (Å²) < 4.78 is 0. The number of aryl methyl sites for hydroxylation is 2. The van der Waals surface area contributed by atoms with E-state index in [0.717, 1.165) is 23.2 Å². The maximum atomic E-state index is 12.0. The summed E-state index contributed by atoms with van der Waals surface area (Å²) in [6.45, 7) is 10.3. The molecule has 0 aliphatic carbocycles. The second-order valence-electron chi connectivity index (χ2n) is 5.88. The Morgan fingerprint density at radius 1 is 1.19 bits per heavy atom. The van der Waals surface area contributed by atoms with Crippen LogP contribution >= 0.6 is 0 Å².